The highest BCUT2D eigenvalue weighted by Crippen LogP contribution is 2.41. The third-order valence-electron chi connectivity index (χ3n) is 5.70. The van der Waals surface area contributed by atoms with E-state index in [0.717, 1.165) is 43.9 Å². The Morgan fingerprint density at radius 2 is 1.94 bits per heavy atom. The molecule has 0 spiro atoms. The molecule has 0 radical (unpaired) electrons. The Morgan fingerprint density at radius 1 is 1.19 bits per heavy atom. The molecule has 0 saturated carbocycles. The van der Waals surface area contributed by atoms with Crippen LogP contribution in [0.2, 0.25) is 0 Å². The minimum absolute atomic E-state index is 0.0360. The zero-order chi connectivity index (χ0) is 22.0. The van der Waals surface area contributed by atoms with E-state index in [2.05, 4.69) is 43.5 Å². The number of nitrogens with zero attached hydrogens (tertiary/aromatic N) is 6. The fourth-order valence-corrected chi connectivity index (χ4v) is 4.00. The lowest BCUT2D eigenvalue weighted by molar-refractivity contribution is 0.148. The number of hydrogen-bond acceptors (Lipinski definition) is 10. The molecule has 1 aromatic heterocycles. The Balaban J connectivity index is 1.79. The van der Waals surface area contributed by atoms with Gasteiger partial charge in [-0.1, -0.05) is 24.3 Å². The summed E-state index contributed by atoms with van der Waals surface area (Å²) >= 11 is 0. The van der Waals surface area contributed by atoms with Gasteiger partial charge in [0.05, 0.1) is 5.69 Å². The quantitative estimate of drug-likeness (QED) is 0.420. The predicted molar refractivity (Wildman–Crippen MR) is 119 cm³/mol. The molecule has 0 amide bonds. The van der Waals surface area contributed by atoms with Crippen LogP contribution in [0.1, 0.15) is 28.3 Å². The van der Waals surface area contributed by atoms with E-state index in [1.54, 1.807) is 0 Å². The zero-order valence-corrected chi connectivity index (χ0v) is 17.3. The highest BCUT2D eigenvalue weighted by Gasteiger charge is 2.31. The molecule has 4 rings (SSSR count). The van der Waals surface area contributed by atoms with Crippen molar-refractivity contribution < 1.29 is 0 Å². The van der Waals surface area contributed by atoms with Gasteiger partial charge in [-0.05, 0) is 18.2 Å². The first-order chi connectivity index (χ1) is 15.0. The van der Waals surface area contributed by atoms with Gasteiger partial charge in [-0.2, -0.15) is 10.5 Å². The molecule has 10 nitrogen and oxygen atoms in total. The summed E-state index contributed by atoms with van der Waals surface area (Å²) < 4.78 is 0. The first-order valence-electron chi connectivity index (χ1n) is 9.99. The van der Waals surface area contributed by atoms with Crippen LogP contribution in [-0.2, 0) is 6.54 Å². The van der Waals surface area contributed by atoms with Gasteiger partial charge in [0.2, 0.25) is 5.96 Å². The maximum Gasteiger partial charge on any atom is 0.211 e. The van der Waals surface area contributed by atoms with E-state index in [1.165, 1.54) is 0 Å². The average Bonchev–Trinajstić information content (AvgIpc) is 2.75. The van der Waals surface area contributed by atoms with Gasteiger partial charge in [0.15, 0.2) is 6.19 Å². The maximum absolute atomic E-state index is 9.51. The minimum atomic E-state index is -0.532. The third kappa shape index (κ3) is 3.94. The topological polar surface area (TPSA) is 155 Å². The molecular weight excluding hydrogens is 392 g/mol. The van der Waals surface area contributed by atoms with Gasteiger partial charge in [-0.15, -0.1) is 0 Å². The van der Waals surface area contributed by atoms with Crippen LogP contribution in [0.5, 0.6) is 0 Å². The summed E-state index contributed by atoms with van der Waals surface area (Å²) in [5.74, 6) is 0.681. The molecule has 1 saturated heterocycles. The van der Waals surface area contributed by atoms with Crippen molar-refractivity contribution in [2.24, 2.45) is 4.99 Å². The molecule has 2 aliphatic rings. The number of nitrogens with two attached hydrogens (primary N) is 2. The first-order valence-corrected chi connectivity index (χ1v) is 9.99. The number of pyridine rings is 1. The van der Waals surface area contributed by atoms with Gasteiger partial charge < -0.3 is 21.7 Å². The van der Waals surface area contributed by atoms with E-state index in [0.29, 0.717) is 11.4 Å². The van der Waals surface area contributed by atoms with E-state index in [-0.39, 0.29) is 23.0 Å². The minimum Gasteiger partial charge on any atom is -0.397 e. The molecule has 1 fully saturated rings. The molecule has 0 aliphatic carbocycles. The van der Waals surface area contributed by atoms with Gasteiger partial charge in [-0.3, -0.25) is 10.2 Å². The van der Waals surface area contributed by atoms with Gasteiger partial charge in [0.25, 0.3) is 0 Å². The van der Waals surface area contributed by atoms with E-state index < -0.39 is 6.04 Å². The van der Waals surface area contributed by atoms with Crippen molar-refractivity contribution in [2.45, 2.75) is 12.6 Å². The summed E-state index contributed by atoms with van der Waals surface area (Å²) in [6, 6.07) is 9.53. The maximum atomic E-state index is 9.51. The first kappa shape index (κ1) is 20.4. The summed E-state index contributed by atoms with van der Waals surface area (Å²) in [4.78, 5) is 13.7. The van der Waals surface area contributed by atoms with E-state index >= 15 is 0 Å². The van der Waals surface area contributed by atoms with Crippen LogP contribution >= 0.6 is 0 Å². The van der Waals surface area contributed by atoms with Crippen molar-refractivity contribution >= 4 is 23.3 Å². The Hall–Kier alpha value is -3.86. The van der Waals surface area contributed by atoms with Crippen LogP contribution in [0.15, 0.2) is 29.3 Å². The summed E-state index contributed by atoms with van der Waals surface area (Å²) in [5, 5.41) is 24.1. The lowest BCUT2D eigenvalue weighted by Gasteiger charge is -2.33. The van der Waals surface area contributed by atoms with Crippen molar-refractivity contribution in [1.82, 2.24) is 20.1 Å². The predicted octanol–water partition coefficient (Wildman–Crippen LogP) is 0.807. The number of guanidine groups is 1. The fourth-order valence-electron chi connectivity index (χ4n) is 4.00. The number of aromatic nitrogens is 1. The Morgan fingerprint density at radius 3 is 2.65 bits per heavy atom. The van der Waals surface area contributed by atoms with Crippen molar-refractivity contribution in [2.75, 3.05) is 50.0 Å². The van der Waals surface area contributed by atoms with E-state index in [9.17, 15) is 5.26 Å². The number of benzene rings is 1. The molecule has 3 heterocycles. The molecule has 0 bridgehead atoms. The lowest BCUT2D eigenvalue weighted by Crippen LogP contribution is -2.44. The highest BCUT2D eigenvalue weighted by atomic mass is 15.2. The smallest absolute Gasteiger partial charge is 0.211 e. The third-order valence-corrected chi connectivity index (χ3v) is 5.70. The SMILES string of the molecule is CN1CCN(Cc2ccccc2C2N=C(NC#N)Nc3nc(N)c(C#N)c(N)c32)CC1. The van der Waals surface area contributed by atoms with Crippen LogP contribution in [-0.4, -0.2) is 54.0 Å². The second-order valence-electron chi connectivity index (χ2n) is 7.68. The Labute approximate surface area is 180 Å². The number of nitriles is 2. The van der Waals surface area contributed by atoms with Crippen molar-refractivity contribution in [1.29, 1.82) is 10.5 Å². The monoisotopic (exact) mass is 416 g/mol. The molecule has 6 N–H and O–H groups in total. The number of fused-ring (bicyclic) bond motifs is 1. The average molecular weight is 416 g/mol. The van der Waals surface area contributed by atoms with Gasteiger partial charge >= 0.3 is 0 Å². The lowest BCUT2D eigenvalue weighted by atomic mass is 9.91. The highest BCUT2D eigenvalue weighted by molar-refractivity contribution is 5.98. The number of nitrogens with one attached hydrogen (secondary N) is 2. The number of anilines is 3. The zero-order valence-electron chi connectivity index (χ0n) is 17.3. The molecule has 158 valence electrons. The largest absolute Gasteiger partial charge is 0.397 e. The Bertz CT molecular complexity index is 1100. The van der Waals surface area contributed by atoms with Crippen LogP contribution in [0.4, 0.5) is 17.3 Å². The molecule has 1 atom stereocenters. The van der Waals surface area contributed by atoms with Crippen molar-refractivity contribution in [3.8, 4) is 12.3 Å². The second kappa shape index (κ2) is 8.48. The number of nitrogen functional groups attached to an aromatic ring is 2. The molecule has 10 heteroatoms. The van der Waals surface area contributed by atoms with Crippen molar-refractivity contribution in [3.05, 3.63) is 46.5 Å². The molecule has 2 aliphatic heterocycles. The van der Waals surface area contributed by atoms with E-state index in [4.69, 9.17) is 16.7 Å². The number of aliphatic imine (C=N–C) groups is 1. The van der Waals surface area contributed by atoms with Crippen LogP contribution < -0.4 is 22.1 Å². The molecule has 1 aromatic carbocycles. The summed E-state index contributed by atoms with van der Waals surface area (Å²) in [7, 11) is 2.13. The molecule has 1 unspecified atom stereocenters. The van der Waals surface area contributed by atoms with E-state index in [1.807, 2.05) is 30.5 Å². The van der Waals surface area contributed by atoms with Crippen LogP contribution in [0, 0.1) is 22.8 Å². The number of hydrogen-bond donors (Lipinski definition) is 4. The standard InChI is InChI=1S/C21H24N10/c1-30-6-8-31(9-7-30)11-13-4-2-3-5-14(13)18-16-17(24)15(10-22)19(25)28-20(16)29-21(27-18)26-12-23/h2-5,18H,6-9,11H2,1H3,(H6,24,25,26,27,28,29). The summed E-state index contributed by atoms with van der Waals surface area (Å²) in [6.07, 6.45) is 1.88. The fraction of sp³-hybridized carbons (Fsp3) is 0.333. The molecule has 31 heavy (non-hydrogen) atoms. The van der Waals surface area contributed by atoms with Crippen LogP contribution in [0.3, 0.4) is 0 Å². The van der Waals surface area contributed by atoms with Gasteiger partial charge in [-0.25, -0.2) is 9.98 Å². The van der Waals surface area contributed by atoms with Crippen LogP contribution in [0.25, 0.3) is 0 Å². The van der Waals surface area contributed by atoms with Crippen molar-refractivity contribution in [3.63, 3.8) is 0 Å². The van der Waals surface area contributed by atoms with Gasteiger partial charge in [0, 0.05) is 38.3 Å². The number of rotatable bonds is 3. The van der Waals surface area contributed by atoms with Gasteiger partial charge in [0.1, 0.15) is 29.3 Å². The normalized spacial score (nSPS) is 18.8. The second-order valence-corrected chi connectivity index (χ2v) is 7.68. The summed E-state index contributed by atoms with van der Waals surface area (Å²) in [6.45, 7) is 4.78. The summed E-state index contributed by atoms with van der Waals surface area (Å²) in [5.41, 5.74) is 15.3. The number of likely N-dealkylation sites (N-methyl/N-ethyl adjacent to an activating group) is 1. The molecular formula is C21H24N10. The number of piperazine rings is 1. The Kier molecular flexibility index (Phi) is 5.58. The molecule has 2 aromatic rings.